The van der Waals surface area contributed by atoms with Gasteiger partial charge in [-0.2, -0.15) is 0 Å². The van der Waals surface area contributed by atoms with Crippen molar-refractivity contribution >= 4 is 26.6 Å². The van der Waals surface area contributed by atoms with E-state index in [1.165, 1.54) is 6.07 Å². The van der Waals surface area contributed by atoms with Crippen LogP contribution >= 0.6 is 0 Å². The molecule has 1 unspecified atom stereocenters. The van der Waals surface area contributed by atoms with E-state index in [0.29, 0.717) is 38.1 Å². The molecule has 5 nitrogen and oxygen atoms in total. The number of hydrogen-bond donors (Lipinski definition) is 0. The Morgan fingerprint density at radius 2 is 1.92 bits per heavy atom. The highest BCUT2D eigenvalue weighted by atomic mass is 32.2. The highest BCUT2D eigenvalue weighted by molar-refractivity contribution is 7.89. The average molecular weight is 349 g/mol. The second-order valence-electron chi connectivity index (χ2n) is 6.47. The SMILES string of the molecule is O=S(=O)(C1CCN(c2ccnc3c(F)cccc23)C1)N1CCCC1. The molecule has 0 N–H and O–H groups in total. The molecule has 1 aromatic carbocycles. The first-order valence-corrected chi connectivity index (χ1v) is 9.85. The third-order valence-electron chi connectivity index (χ3n) is 5.03. The van der Waals surface area contributed by atoms with E-state index in [0.717, 1.165) is 23.9 Å². The third-order valence-corrected chi connectivity index (χ3v) is 7.34. The molecule has 24 heavy (non-hydrogen) atoms. The van der Waals surface area contributed by atoms with Gasteiger partial charge in [0.2, 0.25) is 10.0 Å². The van der Waals surface area contributed by atoms with Gasteiger partial charge < -0.3 is 4.90 Å². The van der Waals surface area contributed by atoms with Crippen LogP contribution in [0.25, 0.3) is 10.9 Å². The van der Waals surface area contributed by atoms with Crippen molar-refractivity contribution in [2.24, 2.45) is 0 Å². The lowest BCUT2D eigenvalue weighted by Gasteiger charge is -2.23. The van der Waals surface area contributed by atoms with Gasteiger partial charge in [0.25, 0.3) is 0 Å². The standard InChI is InChI=1S/C17H20FN3O2S/c18-15-5-3-4-14-16(6-8-19-17(14)15)20-11-7-13(12-20)24(22,23)21-9-1-2-10-21/h3-6,8,13H,1-2,7,9-12H2. The topological polar surface area (TPSA) is 53.5 Å². The minimum Gasteiger partial charge on any atom is -0.370 e. The molecule has 0 amide bonds. The van der Waals surface area contributed by atoms with Crippen LogP contribution in [0.15, 0.2) is 30.5 Å². The molecular weight excluding hydrogens is 329 g/mol. The van der Waals surface area contributed by atoms with Crippen LogP contribution in [0.4, 0.5) is 10.1 Å². The lowest BCUT2D eigenvalue weighted by molar-refractivity contribution is 0.467. The van der Waals surface area contributed by atoms with Gasteiger partial charge in [-0.3, -0.25) is 4.98 Å². The maximum absolute atomic E-state index is 13.9. The van der Waals surface area contributed by atoms with E-state index in [1.54, 1.807) is 16.6 Å². The summed E-state index contributed by atoms with van der Waals surface area (Å²) in [5, 5.41) is 0.351. The third kappa shape index (κ3) is 2.56. The van der Waals surface area contributed by atoms with E-state index >= 15 is 0 Å². The van der Waals surface area contributed by atoms with Crippen molar-refractivity contribution in [3.63, 3.8) is 0 Å². The maximum Gasteiger partial charge on any atom is 0.218 e. The number of halogens is 1. The molecule has 0 aliphatic carbocycles. The van der Waals surface area contributed by atoms with Crippen molar-refractivity contribution in [2.45, 2.75) is 24.5 Å². The van der Waals surface area contributed by atoms with Gasteiger partial charge in [-0.05, 0) is 31.4 Å². The summed E-state index contributed by atoms with van der Waals surface area (Å²) >= 11 is 0. The fraction of sp³-hybridized carbons (Fsp3) is 0.471. The second-order valence-corrected chi connectivity index (χ2v) is 8.69. The monoisotopic (exact) mass is 349 g/mol. The minimum absolute atomic E-state index is 0.334. The maximum atomic E-state index is 13.9. The number of hydrogen-bond acceptors (Lipinski definition) is 4. The average Bonchev–Trinajstić information content (AvgIpc) is 3.27. The van der Waals surface area contributed by atoms with Gasteiger partial charge in [-0.1, -0.05) is 12.1 Å². The van der Waals surface area contributed by atoms with Crippen LogP contribution in [0, 0.1) is 5.82 Å². The molecule has 0 spiro atoms. The molecule has 7 heteroatoms. The molecule has 0 saturated carbocycles. The molecule has 4 rings (SSSR count). The van der Waals surface area contributed by atoms with E-state index in [9.17, 15) is 12.8 Å². The summed E-state index contributed by atoms with van der Waals surface area (Å²) < 4.78 is 41.1. The Kier molecular flexibility index (Phi) is 3.92. The Morgan fingerprint density at radius 3 is 2.71 bits per heavy atom. The summed E-state index contributed by atoms with van der Waals surface area (Å²) in [4.78, 5) is 6.16. The van der Waals surface area contributed by atoms with E-state index in [4.69, 9.17) is 0 Å². The van der Waals surface area contributed by atoms with Gasteiger partial charge in [0, 0.05) is 43.4 Å². The number of benzene rings is 1. The minimum atomic E-state index is -3.24. The number of nitrogens with zero attached hydrogens (tertiary/aromatic N) is 3. The number of sulfonamides is 1. The molecule has 1 atom stereocenters. The highest BCUT2D eigenvalue weighted by Crippen LogP contribution is 2.32. The molecule has 1 aromatic heterocycles. The van der Waals surface area contributed by atoms with Crippen LogP contribution in [0.1, 0.15) is 19.3 Å². The van der Waals surface area contributed by atoms with Crippen LogP contribution in [-0.4, -0.2) is 49.1 Å². The van der Waals surface area contributed by atoms with E-state index in [-0.39, 0.29) is 11.1 Å². The normalized spacial score (nSPS) is 22.5. The predicted octanol–water partition coefficient (Wildman–Crippen LogP) is 2.38. The van der Waals surface area contributed by atoms with Gasteiger partial charge in [-0.15, -0.1) is 0 Å². The van der Waals surface area contributed by atoms with Gasteiger partial charge >= 0.3 is 0 Å². The summed E-state index contributed by atoms with van der Waals surface area (Å²) in [6, 6.07) is 6.73. The Labute approximate surface area is 141 Å². The Hall–Kier alpha value is -1.73. The van der Waals surface area contributed by atoms with E-state index in [1.807, 2.05) is 17.0 Å². The smallest absolute Gasteiger partial charge is 0.218 e. The first kappa shape index (κ1) is 15.8. The lowest BCUT2D eigenvalue weighted by atomic mass is 10.1. The number of pyridine rings is 1. The van der Waals surface area contributed by atoms with Gasteiger partial charge in [-0.25, -0.2) is 17.1 Å². The molecule has 2 aliphatic heterocycles. The quantitative estimate of drug-likeness (QED) is 0.854. The summed E-state index contributed by atoms with van der Waals surface area (Å²) in [7, 11) is -3.24. The van der Waals surface area contributed by atoms with E-state index in [2.05, 4.69) is 4.98 Å². The van der Waals surface area contributed by atoms with Crippen molar-refractivity contribution in [2.75, 3.05) is 31.1 Å². The van der Waals surface area contributed by atoms with E-state index < -0.39 is 10.0 Å². The largest absolute Gasteiger partial charge is 0.370 e. The summed E-state index contributed by atoms with van der Waals surface area (Å²) in [5.74, 6) is -0.352. The lowest BCUT2D eigenvalue weighted by Crippen LogP contribution is -2.38. The van der Waals surface area contributed by atoms with Crippen molar-refractivity contribution in [3.8, 4) is 0 Å². The zero-order valence-electron chi connectivity index (χ0n) is 13.4. The first-order chi connectivity index (χ1) is 11.6. The number of aromatic nitrogens is 1. The van der Waals surface area contributed by atoms with Crippen LogP contribution in [0.5, 0.6) is 0 Å². The molecule has 0 radical (unpaired) electrons. The zero-order chi connectivity index (χ0) is 16.7. The molecule has 3 heterocycles. The van der Waals surface area contributed by atoms with Crippen LogP contribution in [0.3, 0.4) is 0 Å². The second kappa shape index (κ2) is 5.97. The molecule has 0 bridgehead atoms. The number of fused-ring (bicyclic) bond motifs is 1. The molecule has 2 fully saturated rings. The highest BCUT2D eigenvalue weighted by Gasteiger charge is 2.38. The fourth-order valence-electron chi connectivity index (χ4n) is 3.74. The first-order valence-electron chi connectivity index (χ1n) is 8.34. The number of anilines is 1. The molecule has 2 aliphatic rings. The van der Waals surface area contributed by atoms with Gasteiger partial charge in [0.15, 0.2) is 0 Å². The molecule has 128 valence electrons. The van der Waals surface area contributed by atoms with Crippen LogP contribution in [0.2, 0.25) is 0 Å². The zero-order valence-corrected chi connectivity index (χ0v) is 14.2. The van der Waals surface area contributed by atoms with Crippen molar-refractivity contribution in [1.82, 2.24) is 9.29 Å². The Bertz CT molecular complexity index is 865. The molecular formula is C17H20FN3O2S. The van der Waals surface area contributed by atoms with Gasteiger partial charge in [0.05, 0.1) is 5.25 Å². The molecule has 2 saturated heterocycles. The van der Waals surface area contributed by atoms with Crippen molar-refractivity contribution in [3.05, 3.63) is 36.3 Å². The fourth-order valence-corrected chi connectivity index (χ4v) is 5.71. The summed E-state index contributed by atoms with van der Waals surface area (Å²) in [6.07, 6.45) is 4.09. The summed E-state index contributed by atoms with van der Waals surface area (Å²) in [5.41, 5.74) is 1.19. The number of rotatable bonds is 3. The summed E-state index contributed by atoms with van der Waals surface area (Å²) in [6.45, 7) is 2.40. The van der Waals surface area contributed by atoms with Crippen molar-refractivity contribution < 1.29 is 12.8 Å². The predicted molar refractivity (Wildman–Crippen MR) is 92.0 cm³/mol. The number of para-hydroxylation sites is 1. The van der Waals surface area contributed by atoms with Gasteiger partial charge in [0.1, 0.15) is 11.3 Å². The van der Waals surface area contributed by atoms with Crippen molar-refractivity contribution in [1.29, 1.82) is 0 Å². The Morgan fingerprint density at radius 1 is 1.12 bits per heavy atom. The Balaban J connectivity index is 1.63. The van der Waals surface area contributed by atoms with Crippen LogP contribution in [-0.2, 0) is 10.0 Å². The van der Waals surface area contributed by atoms with Crippen LogP contribution < -0.4 is 4.90 Å². The molecule has 2 aromatic rings.